The third kappa shape index (κ3) is 3.45. The highest BCUT2D eigenvalue weighted by molar-refractivity contribution is 5.92. The van der Waals surface area contributed by atoms with Crippen molar-refractivity contribution < 1.29 is 4.79 Å². The van der Waals surface area contributed by atoms with Gasteiger partial charge in [-0.05, 0) is 19.1 Å². The van der Waals surface area contributed by atoms with Crippen LogP contribution in [0.4, 0.5) is 5.69 Å². The molecule has 1 aromatic heterocycles. The zero-order valence-electron chi connectivity index (χ0n) is 10.3. The Morgan fingerprint density at radius 1 is 1.71 bits per heavy atom. The van der Waals surface area contributed by atoms with Crippen molar-refractivity contribution in [3.05, 3.63) is 24.0 Å². The van der Waals surface area contributed by atoms with Crippen LogP contribution in [0.5, 0.6) is 0 Å². The van der Waals surface area contributed by atoms with Gasteiger partial charge in [0.2, 0.25) is 0 Å². The highest BCUT2D eigenvalue weighted by atomic mass is 16.1. The van der Waals surface area contributed by atoms with Gasteiger partial charge in [-0.15, -0.1) is 0 Å². The standard InChI is InChI=1S/C12H16N4O/c1-9(7-13)8-16(3)10-4-5-15-11(6-10)12(17)14-2/h4-6,9H,8H2,1-3H3,(H,14,17). The van der Waals surface area contributed by atoms with Crippen LogP contribution in [0.2, 0.25) is 0 Å². The average Bonchev–Trinajstić information content (AvgIpc) is 2.37. The van der Waals surface area contributed by atoms with Crippen molar-refractivity contribution in [2.45, 2.75) is 6.92 Å². The van der Waals surface area contributed by atoms with Crippen molar-refractivity contribution in [3.8, 4) is 6.07 Å². The lowest BCUT2D eigenvalue weighted by molar-refractivity contribution is 0.0958. The molecule has 1 rings (SSSR count). The predicted molar refractivity (Wildman–Crippen MR) is 65.7 cm³/mol. The lowest BCUT2D eigenvalue weighted by Gasteiger charge is -2.20. The van der Waals surface area contributed by atoms with E-state index in [0.29, 0.717) is 12.2 Å². The molecule has 1 heterocycles. The van der Waals surface area contributed by atoms with Crippen molar-refractivity contribution in [2.24, 2.45) is 5.92 Å². The van der Waals surface area contributed by atoms with Gasteiger partial charge in [0.25, 0.3) is 5.91 Å². The minimum absolute atomic E-state index is 0.0587. The summed E-state index contributed by atoms with van der Waals surface area (Å²) in [6.07, 6.45) is 1.59. The van der Waals surface area contributed by atoms with Crippen LogP contribution in [0, 0.1) is 17.2 Å². The number of hydrogen-bond donors (Lipinski definition) is 1. The summed E-state index contributed by atoms with van der Waals surface area (Å²) in [5.74, 6) is -0.273. The maximum absolute atomic E-state index is 11.4. The molecule has 0 radical (unpaired) electrons. The Bertz CT molecular complexity index is 438. The molecular weight excluding hydrogens is 216 g/mol. The molecule has 0 aliphatic heterocycles. The fourth-order valence-corrected chi connectivity index (χ4v) is 1.47. The van der Waals surface area contributed by atoms with Crippen molar-refractivity contribution in [2.75, 3.05) is 25.5 Å². The number of carbonyl (C=O) groups is 1. The Morgan fingerprint density at radius 3 is 3.00 bits per heavy atom. The number of amides is 1. The van der Waals surface area contributed by atoms with Gasteiger partial charge in [-0.25, -0.2) is 0 Å². The van der Waals surface area contributed by atoms with E-state index in [-0.39, 0.29) is 11.8 Å². The summed E-state index contributed by atoms with van der Waals surface area (Å²) in [5, 5.41) is 11.3. The number of rotatable bonds is 4. The summed E-state index contributed by atoms with van der Waals surface area (Å²) in [6, 6.07) is 5.70. The number of anilines is 1. The van der Waals surface area contributed by atoms with Crippen molar-refractivity contribution >= 4 is 11.6 Å². The zero-order valence-corrected chi connectivity index (χ0v) is 10.3. The van der Waals surface area contributed by atoms with Gasteiger partial charge in [-0.2, -0.15) is 5.26 Å². The average molecular weight is 232 g/mol. The molecule has 1 aromatic rings. The van der Waals surface area contributed by atoms with E-state index in [2.05, 4.69) is 16.4 Å². The maximum atomic E-state index is 11.4. The van der Waals surface area contributed by atoms with Crippen LogP contribution in [-0.4, -0.2) is 31.5 Å². The minimum atomic E-state index is -0.214. The van der Waals surface area contributed by atoms with Gasteiger partial charge >= 0.3 is 0 Å². The molecular formula is C12H16N4O. The molecule has 17 heavy (non-hydrogen) atoms. The van der Waals surface area contributed by atoms with Crippen molar-refractivity contribution in [3.63, 3.8) is 0 Å². The molecule has 1 unspecified atom stereocenters. The normalized spacial score (nSPS) is 11.4. The minimum Gasteiger partial charge on any atom is -0.373 e. The molecule has 1 N–H and O–H groups in total. The molecule has 0 bridgehead atoms. The van der Waals surface area contributed by atoms with Gasteiger partial charge in [0.15, 0.2) is 0 Å². The van der Waals surface area contributed by atoms with E-state index >= 15 is 0 Å². The van der Waals surface area contributed by atoms with Gasteiger partial charge in [-0.1, -0.05) is 0 Å². The first-order chi connectivity index (χ1) is 8.08. The van der Waals surface area contributed by atoms with Crippen LogP contribution in [-0.2, 0) is 0 Å². The Balaban J connectivity index is 2.85. The van der Waals surface area contributed by atoms with E-state index in [4.69, 9.17) is 5.26 Å². The molecule has 0 spiro atoms. The lowest BCUT2D eigenvalue weighted by Crippen LogP contribution is -2.24. The monoisotopic (exact) mass is 232 g/mol. The molecule has 5 nitrogen and oxygen atoms in total. The van der Waals surface area contributed by atoms with Gasteiger partial charge in [0.1, 0.15) is 5.69 Å². The second kappa shape index (κ2) is 5.85. The number of aromatic nitrogens is 1. The topological polar surface area (TPSA) is 69.0 Å². The number of hydrogen-bond acceptors (Lipinski definition) is 4. The summed E-state index contributed by atoms with van der Waals surface area (Å²) < 4.78 is 0. The number of nitrogens with one attached hydrogen (secondary N) is 1. The van der Waals surface area contributed by atoms with Crippen LogP contribution in [0.15, 0.2) is 18.3 Å². The second-order valence-corrected chi connectivity index (χ2v) is 3.89. The van der Waals surface area contributed by atoms with Crippen LogP contribution in [0.1, 0.15) is 17.4 Å². The van der Waals surface area contributed by atoms with E-state index in [1.807, 2.05) is 24.9 Å². The van der Waals surface area contributed by atoms with E-state index in [1.54, 1.807) is 19.3 Å². The van der Waals surface area contributed by atoms with Crippen molar-refractivity contribution in [1.29, 1.82) is 5.26 Å². The van der Waals surface area contributed by atoms with Crippen LogP contribution in [0.3, 0.4) is 0 Å². The van der Waals surface area contributed by atoms with Gasteiger partial charge in [-0.3, -0.25) is 9.78 Å². The first kappa shape index (κ1) is 13.0. The fourth-order valence-electron chi connectivity index (χ4n) is 1.47. The number of pyridine rings is 1. The summed E-state index contributed by atoms with van der Waals surface area (Å²) in [4.78, 5) is 17.3. The van der Waals surface area contributed by atoms with Gasteiger partial charge in [0.05, 0.1) is 12.0 Å². The van der Waals surface area contributed by atoms with E-state index in [9.17, 15) is 4.79 Å². The Kier molecular flexibility index (Phi) is 4.46. The summed E-state index contributed by atoms with van der Waals surface area (Å²) in [5.41, 5.74) is 1.25. The molecule has 0 aliphatic rings. The Hall–Kier alpha value is -2.09. The molecule has 0 aromatic carbocycles. The fraction of sp³-hybridized carbons (Fsp3) is 0.417. The molecule has 0 aliphatic carbocycles. The smallest absolute Gasteiger partial charge is 0.269 e. The molecule has 1 amide bonds. The van der Waals surface area contributed by atoms with E-state index in [1.165, 1.54) is 0 Å². The first-order valence-corrected chi connectivity index (χ1v) is 5.37. The van der Waals surface area contributed by atoms with Crippen LogP contribution >= 0.6 is 0 Å². The second-order valence-electron chi connectivity index (χ2n) is 3.89. The molecule has 0 fully saturated rings. The van der Waals surface area contributed by atoms with E-state index in [0.717, 1.165) is 5.69 Å². The van der Waals surface area contributed by atoms with Crippen LogP contribution < -0.4 is 10.2 Å². The highest BCUT2D eigenvalue weighted by Gasteiger charge is 2.10. The lowest BCUT2D eigenvalue weighted by atomic mass is 10.2. The van der Waals surface area contributed by atoms with E-state index < -0.39 is 0 Å². The summed E-state index contributed by atoms with van der Waals surface area (Å²) in [7, 11) is 3.45. The Morgan fingerprint density at radius 2 is 2.41 bits per heavy atom. The molecule has 1 atom stereocenters. The number of carbonyl (C=O) groups excluding carboxylic acids is 1. The van der Waals surface area contributed by atoms with Crippen molar-refractivity contribution in [1.82, 2.24) is 10.3 Å². The summed E-state index contributed by atoms with van der Waals surface area (Å²) >= 11 is 0. The third-order valence-corrected chi connectivity index (χ3v) is 2.41. The first-order valence-electron chi connectivity index (χ1n) is 5.37. The quantitative estimate of drug-likeness (QED) is 0.842. The van der Waals surface area contributed by atoms with Gasteiger partial charge in [0, 0.05) is 32.5 Å². The Labute approximate surface area is 101 Å². The highest BCUT2D eigenvalue weighted by Crippen LogP contribution is 2.14. The number of nitriles is 1. The third-order valence-electron chi connectivity index (χ3n) is 2.41. The molecule has 0 saturated carbocycles. The summed E-state index contributed by atoms with van der Waals surface area (Å²) in [6.45, 7) is 2.48. The van der Waals surface area contributed by atoms with Gasteiger partial charge < -0.3 is 10.2 Å². The largest absolute Gasteiger partial charge is 0.373 e. The predicted octanol–water partition coefficient (Wildman–Crippen LogP) is 1.04. The van der Waals surface area contributed by atoms with Crippen LogP contribution in [0.25, 0.3) is 0 Å². The number of nitrogens with zero attached hydrogens (tertiary/aromatic N) is 3. The molecule has 0 saturated heterocycles. The molecule has 90 valence electrons. The maximum Gasteiger partial charge on any atom is 0.269 e. The zero-order chi connectivity index (χ0) is 12.8. The molecule has 5 heteroatoms. The SMILES string of the molecule is CNC(=O)c1cc(N(C)CC(C)C#N)ccn1.